The number of fused-ring (bicyclic) bond motifs is 2. The van der Waals surface area contributed by atoms with Gasteiger partial charge in [-0.15, -0.1) is 10.2 Å². The van der Waals surface area contributed by atoms with Crippen LogP contribution in [-0.2, 0) is 27.8 Å². The molecule has 9 nitrogen and oxygen atoms in total. The van der Waals surface area contributed by atoms with E-state index in [4.69, 9.17) is 0 Å². The minimum Gasteiger partial charge on any atom is -0.326 e. The van der Waals surface area contributed by atoms with Gasteiger partial charge in [0.1, 0.15) is 5.01 Å². The number of nitrogens with zero attached hydrogens (tertiary/aromatic N) is 4. The van der Waals surface area contributed by atoms with Gasteiger partial charge in [0.25, 0.3) is 0 Å². The first-order valence-electron chi connectivity index (χ1n) is 8.13. The Labute approximate surface area is 152 Å². The number of carbonyl (C=O) groups is 1. The van der Waals surface area contributed by atoms with Gasteiger partial charge in [0.05, 0.1) is 17.9 Å². The van der Waals surface area contributed by atoms with Crippen molar-refractivity contribution >= 4 is 37.9 Å². The molecule has 11 heteroatoms. The van der Waals surface area contributed by atoms with Gasteiger partial charge in [-0.1, -0.05) is 11.3 Å². The van der Waals surface area contributed by atoms with E-state index in [0.29, 0.717) is 27.1 Å². The number of amides is 1. The fraction of sp³-hybridized carbons (Fsp3) is 0.333. The Bertz CT molecular complexity index is 1150. The van der Waals surface area contributed by atoms with Crippen molar-refractivity contribution in [3.05, 3.63) is 34.6 Å². The Morgan fingerprint density at radius 1 is 1.31 bits per heavy atom. The molecule has 0 atom stereocenters. The number of sulfonamides is 1. The van der Waals surface area contributed by atoms with Crippen molar-refractivity contribution in [2.24, 2.45) is 0 Å². The van der Waals surface area contributed by atoms with Crippen molar-refractivity contribution in [3.8, 4) is 0 Å². The highest BCUT2D eigenvalue weighted by Crippen LogP contribution is 2.39. The average molecular weight is 390 g/mol. The molecule has 1 amide bonds. The quantitative estimate of drug-likeness (QED) is 0.672. The SMILES string of the molecule is O=C1Cc2cc(S(=O)(=O)NCc3nn4c(C5CC5)nnc4s3)ccc2N1. The van der Waals surface area contributed by atoms with Crippen molar-refractivity contribution < 1.29 is 13.2 Å². The second-order valence-electron chi connectivity index (χ2n) is 6.39. The number of carbonyl (C=O) groups excluding carboxylic acids is 1. The first-order chi connectivity index (χ1) is 12.5. The van der Waals surface area contributed by atoms with E-state index in [2.05, 4.69) is 25.3 Å². The molecule has 1 fully saturated rings. The average Bonchev–Trinajstić information content (AvgIpc) is 3.08. The van der Waals surface area contributed by atoms with Crippen LogP contribution in [-0.4, -0.2) is 34.1 Å². The van der Waals surface area contributed by atoms with Gasteiger partial charge in [0.15, 0.2) is 5.82 Å². The van der Waals surface area contributed by atoms with E-state index in [0.717, 1.165) is 18.7 Å². The van der Waals surface area contributed by atoms with Gasteiger partial charge >= 0.3 is 0 Å². The van der Waals surface area contributed by atoms with E-state index >= 15 is 0 Å². The third kappa shape index (κ3) is 2.68. The molecule has 0 radical (unpaired) electrons. The lowest BCUT2D eigenvalue weighted by Crippen LogP contribution is -2.23. The van der Waals surface area contributed by atoms with E-state index < -0.39 is 10.0 Å². The lowest BCUT2D eigenvalue weighted by atomic mass is 10.2. The second kappa shape index (κ2) is 5.56. The number of anilines is 1. The molecule has 0 unspecified atom stereocenters. The molecule has 3 heterocycles. The molecule has 26 heavy (non-hydrogen) atoms. The highest BCUT2D eigenvalue weighted by Gasteiger charge is 2.30. The smallest absolute Gasteiger partial charge is 0.240 e. The minimum absolute atomic E-state index is 0.0781. The standard InChI is InChI=1S/C15H14N6O3S2/c22-12-6-9-5-10(3-4-11(9)17-12)26(23,24)16-7-13-20-21-14(8-1-2-8)18-19-15(21)25-13/h3-5,8,16H,1-2,6-7H2,(H,17,22). The van der Waals surface area contributed by atoms with Crippen LogP contribution in [0.4, 0.5) is 5.69 Å². The lowest BCUT2D eigenvalue weighted by molar-refractivity contribution is -0.115. The minimum atomic E-state index is -3.70. The van der Waals surface area contributed by atoms with E-state index in [1.165, 1.54) is 23.5 Å². The molecule has 1 aliphatic heterocycles. The largest absolute Gasteiger partial charge is 0.326 e. The van der Waals surface area contributed by atoms with Crippen LogP contribution < -0.4 is 10.0 Å². The zero-order valence-corrected chi connectivity index (χ0v) is 15.1. The van der Waals surface area contributed by atoms with Crippen molar-refractivity contribution in [1.29, 1.82) is 0 Å². The summed E-state index contributed by atoms with van der Waals surface area (Å²) in [6.07, 6.45) is 2.38. The van der Waals surface area contributed by atoms with Gasteiger partial charge in [-0.3, -0.25) is 4.79 Å². The van der Waals surface area contributed by atoms with Crippen LogP contribution >= 0.6 is 11.3 Å². The normalized spacial score (nSPS) is 16.8. The van der Waals surface area contributed by atoms with E-state index in [1.807, 2.05) is 0 Å². The van der Waals surface area contributed by atoms with E-state index in [9.17, 15) is 13.2 Å². The molecule has 3 aromatic rings. The Morgan fingerprint density at radius 3 is 2.96 bits per heavy atom. The number of rotatable bonds is 5. The molecule has 0 bridgehead atoms. The van der Waals surface area contributed by atoms with E-state index in [1.54, 1.807) is 10.6 Å². The molecule has 0 saturated heterocycles. The van der Waals surface area contributed by atoms with Crippen LogP contribution in [0, 0.1) is 0 Å². The Balaban J connectivity index is 1.36. The highest BCUT2D eigenvalue weighted by atomic mass is 32.2. The molecule has 1 aliphatic carbocycles. The lowest BCUT2D eigenvalue weighted by Gasteiger charge is -2.06. The summed E-state index contributed by atoms with van der Waals surface area (Å²) in [6.45, 7) is 0.0781. The molecule has 5 rings (SSSR count). The number of hydrogen-bond acceptors (Lipinski definition) is 7. The Hall–Kier alpha value is -2.37. The third-order valence-corrected chi connectivity index (χ3v) is 6.72. The van der Waals surface area contributed by atoms with Crippen molar-refractivity contribution in [2.75, 3.05) is 5.32 Å². The van der Waals surface area contributed by atoms with Gasteiger partial charge in [-0.25, -0.2) is 13.1 Å². The Kier molecular flexibility index (Phi) is 3.39. The summed E-state index contributed by atoms with van der Waals surface area (Å²) in [7, 11) is -3.70. The fourth-order valence-electron chi connectivity index (χ4n) is 2.95. The molecule has 0 spiro atoms. The fourth-order valence-corrected chi connectivity index (χ4v) is 4.86. The zero-order chi connectivity index (χ0) is 17.9. The summed E-state index contributed by atoms with van der Waals surface area (Å²) in [6, 6.07) is 4.62. The van der Waals surface area contributed by atoms with Gasteiger partial charge in [-0.2, -0.15) is 9.61 Å². The van der Waals surface area contributed by atoms with Crippen LogP contribution in [0.25, 0.3) is 4.96 Å². The summed E-state index contributed by atoms with van der Waals surface area (Å²) in [5, 5.41) is 16.0. The summed E-state index contributed by atoms with van der Waals surface area (Å²) < 4.78 is 29.4. The van der Waals surface area contributed by atoms with Crippen LogP contribution in [0.15, 0.2) is 23.1 Å². The molecule has 134 valence electrons. The van der Waals surface area contributed by atoms with Gasteiger partial charge in [0, 0.05) is 11.6 Å². The first-order valence-corrected chi connectivity index (χ1v) is 10.4. The molecule has 1 aromatic carbocycles. The van der Waals surface area contributed by atoms with Crippen LogP contribution in [0.2, 0.25) is 0 Å². The van der Waals surface area contributed by atoms with Crippen LogP contribution in [0.5, 0.6) is 0 Å². The third-order valence-electron chi connectivity index (χ3n) is 4.42. The zero-order valence-electron chi connectivity index (χ0n) is 13.5. The predicted octanol–water partition coefficient (Wildman–Crippen LogP) is 1.04. The number of hydrogen-bond donors (Lipinski definition) is 2. The predicted molar refractivity (Wildman–Crippen MR) is 93.4 cm³/mol. The van der Waals surface area contributed by atoms with Gasteiger partial charge < -0.3 is 5.32 Å². The molecular formula is C15H14N6O3S2. The monoisotopic (exact) mass is 390 g/mol. The maximum Gasteiger partial charge on any atom is 0.240 e. The van der Waals surface area contributed by atoms with Crippen molar-refractivity contribution in [1.82, 2.24) is 24.5 Å². The Morgan fingerprint density at radius 2 is 2.15 bits per heavy atom. The summed E-state index contributed by atoms with van der Waals surface area (Å²) in [5.74, 6) is 1.13. The molecule has 2 aliphatic rings. The van der Waals surface area contributed by atoms with Crippen LogP contribution in [0.1, 0.15) is 35.2 Å². The van der Waals surface area contributed by atoms with Gasteiger partial charge in [0.2, 0.25) is 20.9 Å². The van der Waals surface area contributed by atoms with Gasteiger partial charge in [-0.05, 0) is 36.6 Å². The summed E-state index contributed by atoms with van der Waals surface area (Å²) >= 11 is 1.32. The van der Waals surface area contributed by atoms with E-state index in [-0.39, 0.29) is 23.8 Å². The molecular weight excluding hydrogens is 376 g/mol. The maximum atomic E-state index is 12.6. The number of benzene rings is 1. The van der Waals surface area contributed by atoms with Crippen molar-refractivity contribution in [3.63, 3.8) is 0 Å². The number of nitrogens with one attached hydrogen (secondary N) is 2. The topological polar surface area (TPSA) is 118 Å². The highest BCUT2D eigenvalue weighted by molar-refractivity contribution is 7.89. The molecule has 2 aromatic heterocycles. The molecule has 2 N–H and O–H groups in total. The second-order valence-corrected chi connectivity index (χ2v) is 9.20. The number of aromatic nitrogens is 4. The summed E-state index contributed by atoms with van der Waals surface area (Å²) in [4.78, 5) is 12.2. The maximum absolute atomic E-state index is 12.6. The summed E-state index contributed by atoms with van der Waals surface area (Å²) in [5.41, 5.74) is 1.35. The molecule has 1 saturated carbocycles. The van der Waals surface area contributed by atoms with Crippen LogP contribution in [0.3, 0.4) is 0 Å². The van der Waals surface area contributed by atoms with Crippen molar-refractivity contribution in [2.45, 2.75) is 36.6 Å². The first kappa shape index (κ1) is 15.9.